The molecule has 4 nitrogen and oxygen atoms in total. The first-order valence-corrected chi connectivity index (χ1v) is 5.83. The van der Waals surface area contributed by atoms with E-state index in [0.29, 0.717) is 12.9 Å². The maximum absolute atomic E-state index is 10.1. The van der Waals surface area contributed by atoms with Crippen molar-refractivity contribution in [3.63, 3.8) is 0 Å². The number of pyridine rings is 1. The van der Waals surface area contributed by atoms with Crippen LogP contribution in [0.1, 0.15) is 18.2 Å². The van der Waals surface area contributed by atoms with E-state index in [9.17, 15) is 4.79 Å². The van der Waals surface area contributed by atoms with Gasteiger partial charge in [-0.25, -0.2) is 0 Å². The van der Waals surface area contributed by atoms with Crippen LogP contribution in [-0.2, 0) is 22.6 Å². The molecular formula is C11H12N2O2S. The van der Waals surface area contributed by atoms with Gasteiger partial charge in [0.25, 0.3) is 6.47 Å². The number of hydrogen-bond donors (Lipinski definition) is 0. The second-order valence-electron chi connectivity index (χ2n) is 2.96. The molecule has 0 bridgehead atoms. The molecule has 0 amide bonds. The van der Waals surface area contributed by atoms with Crippen molar-refractivity contribution < 1.29 is 9.53 Å². The Kier molecular flexibility index (Phi) is 5.37. The van der Waals surface area contributed by atoms with Crippen LogP contribution in [0, 0.1) is 11.3 Å². The second-order valence-corrected chi connectivity index (χ2v) is 4.27. The highest BCUT2D eigenvalue weighted by Crippen LogP contribution is 2.22. The van der Waals surface area contributed by atoms with Gasteiger partial charge in [-0.2, -0.15) is 5.26 Å². The van der Waals surface area contributed by atoms with Crippen LogP contribution in [0.2, 0.25) is 0 Å². The number of nitrogens with zero attached hydrogens (tertiary/aromatic N) is 2. The lowest BCUT2D eigenvalue weighted by Crippen LogP contribution is -1.98. The fourth-order valence-electron chi connectivity index (χ4n) is 1.20. The van der Waals surface area contributed by atoms with Crippen LogP contribution < -0.4 is 0 Å². The summed E-state index contributed by atoms with van der Waals surface area (Å²) >= 11 is 1.62. The Hall–Kier alpha value is -1.54. The molecule has 0 spiro atoms. The van der Waals surface area contributed by atoms with Crippen molar-refractivity contribution in [2.75, 3.05) is 5.75 Å². The molecule has 0 unspecified atom stereocenters. The van der Waals surface area contributed by atoms with E-state index in [1.54, 1.807) is 18.0 Å². The summed E-state index contributed by atoms with van der Waals surface area (Å²) in [7, 11) is 0. The third-order valence-corrected chi connectivity index (χ3v) is 2.81. The van der Waals surface area contributed by atoms with Gasteiger partial charge in [0.15, 0.2) is 0 Å². The van der Waals surface area contributed by atoms with Crippen LogP contribution >= 0.6 is 11.8 Å². The van der Waals surface area contributed by atoms with Crippen LogP contribution in [0.3, 0.4) is 0 Å². The predicted octanol–water partition coefficient (Wildman–Crippen LogP) is 1.93. The molecule has 0 aliphatic carbocycles. The number of aromatic nitrogens is 1. The molecule has 0 N–H and O–H groups in total. The second kappa shape index (κ2) is 6.85. The minimum absolute atomic E-state index is 0.179. The number of ether oxygens (including phenoxy) is 1. The van der Waals surface area contributed by atoms with Crippen molar-refractivity contribution in [1.82, 2.24) is 4.98 Å². The first-order chi connectivity index (χ1) is 7.81. The zero-order valence-corrected chi connectivity index (χ0v) is 9.79. The number of thioether (sulfide) groups is 1. The molecule has 1 heterocycles. The van der Waals surface area contributed by atoms with E-state index in [1.807, 2.05) is 13.0 Å². The van der Waals surface area contributed by atoms with Gasteiger partial charge in [0.05, 0.1) is 18.2 Å². The number of carbonyl (C=O) groups is 1. The van der Waals surface area contributed by atoms with Gasteiger partial charge in [0.2, 0.25) is 0 Å². The van der Waals surface area contributed by atoms with E-state index in [0.717, 1.165) is 21.9 Å². The van der Waals surface area contributed by atoms with Gasteiger partial charge in [0, 0.05) is 11.1 Å². The minimum atomic E-state index is 0.179. The average molecular weight is 236 g/mol. The largest absolute Gasteiger partial charge is 0.461 e. The van der Waals surface area contributed by atoms with E-state index in [2.05, 4.69) is 15.8 Å². The van der Waals surface area contributed by atoms with Crippen LogP contribution in [0.5, 0.6) is 0 Å². The monoisotopic (exact) mass is 236 g/mol. The molecule has 84 valence electrons. The van der Waals surface area contributed by atoms with Crippen molar-refractivity contribution in [2.45, 2.75) is 24.8 Å². The molecule has 1 rings (SSSR count). The van der Waals surface area contributed by atoms with Gasteiger partial charge in [-0.1, -0.05) is 6.92 Å². The Morgan fingerprint density at radius 1 is 1.69 bits per heavy atom. The van der Waals surface area contributed by atoms with E-state index in [-0.39, 0.29) is 6.61 Å². The average Bonchev–Trinajstić information content (AvgIpc) is 2.29. The van der Waals surface area contributed by atoms with Crippen LogP contribution in [0.25, 0.3) is 0 Å². The number of rotatable bonds is 6. The Balaban J connectivity index is 2.90. The molecule has 0 aliphatic heterocycles. The van der Waals surface area contributed by atoms with Gasteiger partial charge in [-0.15, -0.1) is 11.8 Å². The SMILES string of the molecule is CCSc1cc(CC#N)cnc1COC=O. The fraction of sp³-hybridized carbons (Fsp3) is 0.364. The highest BCUT2D eigenvalue weighted by molar-refractivity contribution is 7.99. The highest BCUT2D eigenvalue weighted by atomic mass is 32.2. The van der Waals surface area contributed by atoms with Gasteiger partial charge in [-0.3, -0.25) is 9.78 Å². The summed E-state index contributed by atoms with van der Waals surface area (Å²) in [5, 5.41) is 8.60. The number of nitriles is 1. The third-order valence-electron chi connectivity index (χ3n) is 1.86. The van der Waals surface area contributed by atoms with E-state index >= 15 is 0 Å². The topological polar surface area (TPSA) is 63.0 Å². The zero-order valence-electron chi connectivity index (χ0n) is 8.97. The molecule has 16 heavy (non-hydrogen) atoms. The molecule has 0 aromatic carbocycles. The summed E-state index contributed by atoms with van der Waals surface area (Å²) in [5.41, 5.74) is 1.62. The first-order valence-electron chi connectivity index (χ1n) is 4.84. The lowest BCUT2D eigenvalue weighted by molar-refractivity contribution is -0.130. The lowest BCUT2D eigenvalue weighted by Gasteiger charge is -2.07. The Morgan fingerprint density at radius 3 is 3.12 bits per heavy atom. The van der Waals surface area contributed by atoms with Gasteiger partial charge >= 0.3 is 0 Å². The van der Waals surface area contributed by atoms with E-state index in [4.69, 9.17) is 5.26 Å². The summed E-state index contributed by atoms with van der Waals surface area (Å²) in [5.74, 6) is 0.909. The Bertz CT molecular complexity index is 401. The van der Waals surface area contributed by atoms with Crippen LogP contribution in [-0.4, -0.2) is 17.2 Å². The standard InChI is InChI=1S/C11H12N2O2S/c1-2-16-11-5-9(3-4-12)6-13-10(11)7-15-8-14/h5-6,8H,2-3,7H2,1H3. The summed E-state index contributed by atoms with van der Waals surface area (Å²) in [6.45, 7) is 2.62. The fourth-order valence-corrected chi connectivity index (χ4v) is 2.03. The Labute approximate surface area is 98.6 Å². The molecule has 1 aromatic heterocycles. The van der Waals surface area contributed by atoms with Crippen molar-refractivity contribution >= 4 is 18.2 Å². The van der Waals surface area contributed by atoms with Crippen LogP contribution in [0.15, 0.2) is 17.2 Å². The molecule has 0 radical (unpaired) electrons. The van der Waals surface area contributed by atoms with Gasteiger partial charge < -0.3 is 4.74 Å². The highest BCUT2D eigenvalue weighted by Gasteiger charge is 2.06. The smallest absolute Gasteiger partial charge is 0.293 e. The molecule has 0 saturated carbocycles. The number of carbonyl (C=O) groups excluding carboxylic acids is 1. The summed E-state index contributed by atoms with van der Waals surface area (Å²) in [6.07, 6.45) is 1.99. The normalized spacial score (nSPS) is 9.50. The first kappa shape index (κ1) is 12.5. The van der Waals surface area contributed by atoms with E-state index in [1.165, 1.54) is 0 Å². The quantitative estimate of drug-likeness (QED) is 0.558. The summed E-state index contributed by atoms with van der Waals surface area (Å²) in [4.78, 5) is 15.3. The molecule has 0 saturated heterocycles. The van der Waals surface area contributed by atoms with E-state index < -0.39 is 0 Å². The van der Waals surface area contributed by atoms with Gasteiger partial charge in [-0.05, 0) is 17.4 Å². The molecule has 0 aliphatic rings. The van der Waals surface area contributed by atoms with Crippen molar-refractivity contribution in [2.24, 2.45) is 0 Å². The zero-order chi connectivity index (χ0) is 11.8. The van der Waals surface area contributed by atoms with Gasteiger partial charge in [0.1, 0.15) is 6.61 Å². The minimum Gasteiger partial charge on any atom is -0.461 e. The summed E-state index contributed by atoms with van der Waals surface area (Å²) in [6, 6.07) is 4.00. The van der Waals surface area contributed by atoms with Crippen molar-refractivity contribution in [3.8, 4) is 6.07 Å². The maximum Gasteiger partial charge on any atom is 0.293 e. The number of hydrogen-bond acceptors (Lipinski definition) is 5. The predicted molar refractivity (Wildman–Crippen MR) is 60.8 cm³/mol. The molecule has 5 heteroatoms. The molecule has 0 fully saturated rings. The Morgan fingerprint density at radius 2 is 2.50 bits per heavy atom. The summed E-state index contributed by atoms with van der Waals surface area (Å²) < 4.78 is 4.68. The van der Waals surface area contributed by atoms with Crippen LogP contribution in [0.4, 0.5) is 0 Å². The van der Waals surface area contributed by atoms with Crippen molar-refractivity contribution in [1.29, 1.82) is 5.26 Å². The molecular weight excluding hydrogens is 224 g/mol. The lowest BCUT2D eigenvalue weighted by atomic mass is 10.2. The van der Waals surface area contributed by atoms with Crippen molar-refractivity contribution in [3.05, 3.63) is 23.5 Å². The third kappa shape index (κ3) is 3.55. The molecule has 0 atom stereocenters. The molecule has 1 aromatic rings. The maximum atomic E-state index is 10.1.